The maximum Gasteiger partial charge on any atom is 0.303 e. The number of aliphatic hydroxyl groups excluding tert-OH is 2. The SMILES string of the molecule is CCCCCCCC(O)C1CCC(O)C1CCCCC(C)(C)CC(=O)O. The van der Waals surface area contributed by atoms with Gasteiger partial charge in [-0.25, -0.2) is 0 Å². The summed E-state index contributed by atoms with van der Waals surface area (Å²) in [4.78, 5) is 10.9. The molecule has 0 saturated heterocycles. The van der Waals surface area contributed by atoms with Crippen LogP contribution < -0.4 is 0 Å². The third-order valence-electron chi connectivity index (χ3n) is 6.21. The molecule has 0 aliphatic heterocycles. The Kier molecular flexibility index (Phi) is 10.8. The van der Waals surface area contributed by atoms with Gasteiger partial charge in [-0.15, -0.1) is 0 Å². The molecule has 1 rings (SSSR count). The van der Waals surface area contributed by atoms with E-state index in [1.165, 1.54) is 25.7 Å². The van der Waals surface area contributed by atoms with Gasteiger partial charge in [0, 0.05) is 0 Å². The normalized spacial score (nSPS) is 24.7. The van der Waals surface area contributed by atoms with Crippen LogP contribution in [0.15, 0.2) is 0 Å². The summed E-state index contributed by atoms with van der Waals surface area (Å²) in [6.07, 6.45) is 12.2. The quantitative estimate of drug-likeness (QED) is 0.369. The van der Waals surface area contributed by atoms with Gasteiger partial charge in [0.2, 0.25) is 0 Å². The predicted molar refractivity (Wildman–Crippen MR) is 106 cm³/mol. The van der Waals surface area contributed by atoms with Crippen molar-refractivity contribution in [3.05, 3.63) is 0 Å². The number of carboxylic acid groups (broad SMARTS) is 1. The van der Waals surface area contributed by atoms with E-state index in [2.05, 4.69) is 6.92 Å². The van der Waals surface area contributed by atoms with Crippen molar-refractivity contribution in [3.8, 4) is 0 Å². The molecule has 0 heterocycles. The molecule has 0 aromatic carbocycles. The number of unbranched alkanes of at least 4 members (excludes halogenated alkanes) is 5. The van der Waals surface area contributed by atoms with Gasteiger partial charge < -0.3 is 15.3 Å². The van der Waals surface area contributed by atoms with Crippen molar-refractivity contribution < 1.29 is 20.1 Å². The summed E-state index contributed by atoms with van der Waals surface area (Å²) in [7, 11) is 0. The molecule has 0 radical (unpaired) electrons. The van der Waals surface area contributed by atoms with Crippen LogP contribution in [0.4, 0.5) is 0 Å². The molecule has 4 nitrogen and oxygen atoms in total. The second kappa shape index (κ2) is 12.0. The minimum atomic E-state index is -0.733. The fraction of sp³-hybridized carbons (Fsp3) is 0.955. The van der Waals surface area contributed by atoms with E-state index in [1.54, 1.807) is 0 Å². The van der Waals surface area contributed by atoms with E-state index in [0.29, 0.717) is 0 Å². The molecular weight excluding hydrogens is 328 g/mol. The summed E-state index contributed by atoms with van der Waals surface area (Å²) in [5.41, 5.74) is -0.169. The van der Waals surface area contributed by atoms with Crippen molar-refractivity contribution >= 4 is 5.97 Å². The zero-order valence-corrected chi connectivity index (χ0v) is 17.3. The number of carbonyl (C=O) groups is 1. The minimum Gasteiger partial charge on any atom is -0.481 e. The second-order valence-electron chi connectivity index (χ2n) is 9.22. The summed E-state index contributed by atoms with van der Waals surface area (Å²) in [5.74, 6) is -0.283. The molecule has 0 aromatic heterocycles. The average Bonchev–Trinajstić information content (AvgIpc) is 2.91. The van der Waals surface area contributed by atoms with Crippen LogP contribution in [0.1, 0.15) is 104 Å². The van der Waals surface area contributed by atoms with E-state index in [-0.39, 0.29) is 35.9 Å². The fourth-order valence-electron chi connectivity index (χ4n) is 4.61. The summed E-state index contributed by atoms with van der Waals surface area (Å²) in [6.45, 7) is 6.23. The third kappa shape index (κ3) is 8.85. The summed E-state index contributed by atoms with van der Waals surface area (Å²) in [5, 5.41) is 29.9. The van der Waals surface area contributed by atoms with Gasteiger partial charge in [-0.2, -0.15) is 0 Å². The number of hydrogen-bond acceptors (Lipinski definition) is 3. The minimum absolute atomic E-state index is 0.169. The Morgan fingerprint density at radius 3 is 2.42 bits per heavy atom. The zero-order chi connectivity index (χ0) is 19.6. The van der Waals surface area contributed by atoms with E-state index >= 15 is 0 Å². The topological polar surface area (TPSA) is 77.8 Å². The van der Waals surface area contributed by atoms with Crippen LogP contribution in [0.25, 0.3) is 0 Å². The Morgan fingerprint density at radius 1 is 1.08 bits per heavy atom. The van der Waals surface area contributed by atoms with Gasteiger partial charge in [-0.05, 0) is 49.4 Å². The Bertz CT molecular complexity index is 394. The smallest absolute Gasteiger partial charge is 0.303 e. The first-order chi connectivity index (χ1) is 12.3. The number of aliphatic hydroxyl groups is 2. The Hall–Kier alpha value is -0.610. The first kappa shape index (κ1) is 23.4. The van der Waals surface area contributed by atoms with E-state index in [4.69, 9.17) is 5.11 Å². The molecule has 0 bridgehead atoms. The van der Waals surface area contributed by atoms with Crippen molar-refractivity contribution in [2.45, 2.75) is 116 Å². The van der Waals surface area contributed by atoms with Crippen LogP contribution in [0, 0.1) is 17.3 Å². The maximum absolute atomic E-state index is 10.9. The molecule has 4 heteroatoms. The van der Waals surface area contributed by atoms with Crippen LogP contribution in [-0.4, -0.2) is 33.5 Å². The van der Waals surface area contributed by atoms with Crippen molar-refractivity contribution in [3.63, 3.8) is 0 Å². The van der Waals surface area contributed by atoms with Crippen molar-refractivity contribution in [1.82, 2.24) is 0 Å². The average molecular weight is 371 g/mol. The number of rotatable bonds is 14. The molecule has 0 amide bonds. The second-order valence-corrected chi connectivity index (χ2v) is 9.22. The molecular formula is C22H42O4. The zero-order valence-electron chi connectivity index (χ0n) is 17.3. The fourth-order valence-corrected chi connectivity index (χ4v) is 4.61. The molecule has 0 spiro atoms. The van der Waals surface area contributed by atoms with Gasteiger partial charge in [0.1, 0.15) is 0 Å². The van der Waals surface area contributed by atoms with Gasteiger partial charge >= 0.3 is 5.97 Å². The monoisotopic (exact) mass is 370 g/mol. The highest BCUT2D eigenvalue weighted by Crippen LogP contribution is 2.39. The lowest BCUT2D eigenvalue weighted by Crippen LogP contribution is -2.28. The highest BCUT2D eigenvalue weighted by molar-refractivity contribution is 5.67. The molecule has 1 fully saturated rings. The van der Waals surface area contributed by atoms with Gasteiger partial charge in [0.25, 0.3) is 0 Å². The van der Waals surface area contributed by atoms with E-state index in [1.807, 2.05) is 13.8 Å². The molecule has 154 valence electrons. The molecule has 4 atom stereocenters. The third-order valence-corrected chi connectivity index (χ3v) is 6.21. The highest BCUT2D eigenvalue weighted by Gasteiger charge is 2.38. The van der Waals surface area contributed by atoms with Gasteiger partial charge in [0.05, 0.1) is 18.6 Å². The van der Waals surface area contributed by atoms with Gasteiger partial charge in [0.15, 0.2) is 0 Å². The van der Waals surface area contributed by atoms with Crippen LogP contribution in [0.2, 0.25) is 0 Å². The molecule has 0 aromatic rings. The Balaban J connectivity index is 2.33. The number of carboxylic acids is 1. The summed E-state index contributed by atoms with van der Waals surface area (Å²) < 4.78 is 0. The van der Waals surface area contributed by atoms with Crippen molar-refractivity contribution in [1.29, 1.82) is 0 Å². The molecule has 1 aliphatic carbocycles. The lowest BCUT2D eigenvalue weighted by molar-refractivity contribution is -0.139. The number of hydrogen-bond donors (Lipinski definition) is 3. The summed E-state index contributed by atoms with van der Waals surface area (Å²) in [6, 6.07) is 0. The first-order valence-corrected chi connectivity index (χ1v) is 10.8. The first-order valence-electron chi connectivity index (χ1n) is 10.8. The Labute approximate surface area is 160 Å². The highest BCUT2D eigenvalue weighted by atomic mass is 16.4. The maximum atomic E-state index is 10.9. The van der Waals surface area contributed by atoms with Crippen LogP contribution in [0.3, 0.4) is 0 Å². The van der Waals surface area contributed by atoms with Crippen molar-refractivity contribution in [2.75, 3.05) is 0 Å². The lowest BCUT2D eigenvalue weighted by atomic mass is 9.81. The molecule has 1 aliphatic rings. The Morgan fingerprint density at radius 2 is 1.77 bits per heavy atom. The van der Waals surface area contributed by atoms with Gasteiger partial charge in [-0.3, -0.25) is 4.79 Å². The standard InChI is InChI=1S/C22H42O4/c1-4-5-6-7-8-12-19(23)18-13-14-20(24)17(18)11-9-10-15-22(2,3)16-21(25)26/h17-20,23-24H,4-16H2,1-3H3,(H,25,26). The molecule has 1 saturated carbocycles. The largest absolute Gasteiger partial charge is 0.481 e. The van der Waals surface area contributed by atoms with Gasteiger partial charge in [-0.1, -0.05) is 65.7 Å². The van der Waals surface area contributed by atoms with E-state index in [9.17, 15) is 15.0 Å². The van der Waals surface area contributed by atoms with Crippen LogP contribution >= 0.6 is 0 Å². The van der Waals surface area contributed by atoms with E-state index < -0.39 is 5.97 Å². The van der Waals surface area contributed by atoms with Crippen LogP contribution in [0.5, 0.6) is 0 Å². The molecule has 26 heavy (non-hydrogen) atoms. The van der Waals surface area contributed by atoms with E-state index in [0.717, 1.165) is 51.4 Å². The summed E-state index contributed by atoms with van der Waals surface area (Å²) >= 11 is 0. The predicted octanol–water partition coefficient (Wildman–Crippen LogP) is 5.16. The number of aliphatic carboxylic acids is 1. The van der Waals surface area contributed by atoms with Crippen LogP contribution in [-0.2, 0) is 4.79 Å². The molecule has 4 unspecified atom stereocenters. The van der Waals surface area contributed by atoms with Crippen molar-refractivity contribution in [2.24, 2.45) is 17.3 Å². The lowest BCUT2D eigenvalue weighted by Gasteiger charge is -2.27. The molecule has 3 N–H and O–H groups in total.